The number of hydrogen-bond acceptors (Lipinski definition) is 4. The molecule has 0 radical (unpaired) electrons. The summed E-state index contributed by atoms with van der Waals surface area (Å²) in [6, 6.07) is 22.7. The predicted octanol–water partition coefficient (Wildman–Crippen LogP) is 5.30. The molecule has 1 aromatic heterocycles. The second-order valence-electron chi connectivity index (χ2n) is 8.15. The molecule has 1 heterocycles. The second kappa shape index (κ2) is 11.4. The molecule has 0 aliphatic rings. The Bertz CT molecular complexity index is 1170. The van der Waals surface area contributed by atoms with Gasteiger partial charge in [-0.15, -0.1) is 11.3 Å². The molecule has 1 amide bonds. The van der Waals surface area contributed by atoms with E-state index in [-0.39, 0.29) is 18.5 Å². The van der Waals surface area contributed by atoms with E-state index in [1.54, 1.807) is 36.2 Å². The molecule has 0 fully saturated rings. The minimum absolute atomic E-state index is 0.212. The summed E-state index contributed by atoms with van der Waals surface area (Å²) >= 11 is 1.64. The number of thiophene rings is 1. The first-order valence-corrected chi connectivity index (χ1v) is 13.2. The van der Waals surface area contributed by atoms with Crippen LogP contribution in [0.1, 0.15) is 34.7 Å². The molecule has 0 aliphatic carbocycles. The molecule has 0 saturated heterocycles. The summed E-state index contributed by atoms with van der Waals surface area (Å²) in [5.41, 5.74) is 1.79. The van der Waals surface area contributed by atoms with Crippen LogP contribution in [0, 0.1) is 6.92 Å². The van der Waals surface area contributed by atoms with Crippen molar-refractivity contribution in [3.8, 4) is 0 Å². The van der Waals surface area contributed by atoms with Gasteiger partial charge < -0.3 is 4.90 Å². The molecule has 3 aromatic rings. The molecule has 0 bridgehead atoms. The fourth-order valence-electron chi connectivity index (χ4n) is 3.40. The summed E-state index contributed by atoms with van der Waals surface area (Å²) in [4.78, 5) is 17.4. The van der Waals surface area contributed by atoms with E-state index in [0.717, 1.165) is 16.0 Å². The monoisotopic (exact) mass is 482 g/mol. The van der Waals surface area contributed by atoms with Gasteiger partial charge in [-0.2, -0.15) is 4.31 Å². The molecule has 0 spiro atoms. The Hall–Kier alpha value is -2.74. The van der Waals surface area contributed by atoms with Crippen molar-refractivity contribution in [2.75, 3.05) is 6.54 Å². The van der Waals surface area contributed by atoms with Crippen LogP contribution < -0.4 is 0 Å². The van der Waals surface area contributed by atoms with Gasteiger partial charge in [0.15, 0.2) is 0 Å². The number of sulfonamides is 1. The molecule has 0 unspecified atom stereocenters. The summed E-state index contributed by atoms with van der Waals surface area (Å²) in [5, 5.41) is 1.18. The third kappa shape index (κ3) is 7.39. The smallest absolute Gasteiger partial charge is 0.238 e. The Labute approximate surface area is 201 Å². The lowest BCUT2D eigenvalue weighted by Crippen LogP contribution is -2.44. The molecule has 174 valence electrons. The SMILES string of the molecule is Cc1ccc(CN(Cc2ccccc2)C(=O)CN(C(C)C)S(=O)(=O)C=Cc2ccccc2)s1. The Morgan fingerprint density at radius 3 is 2.15 bits per heavy atom. The highest BCUT2D eigenvalue weighted by Crippen LogP contribution is 2.20. The Kier molecular flexibility index (Phi) is 8.61. The van der Waals surface area contributed by atoms with Crippen LogP contribution in [0.25, 0.3) is 6.08 Å². The van der Waals surface area contributed by atoms with E-state index < -0.39 is 10.0 Å². The van der Waals surface area contributed by atoms with Gasteiger partial charge >= 0.3 is 0 Å². The zero-order valence-corrected chi connectivity index (χ0v) is 20.9. The van der Waals surface area contributed by atoms with Crippen LogP contribution in [0.2, 0.25) is 0 Å². The number of hydrogen-bond donors (Lipinski definition) is 0. The standard InChI is InChI=1S/C26H30N2O3S2/c1-21(2)28(33(30,31)17-16-23-10-6-4-7-11-23)20-26(29)27(18-24-12-8-5-9-13-24)19-25-15-14-22(3)32-25/h4-17,21H,18-20H2,1-3H3. The third-order valence-electron chi connectivity index (χ3n) is 5.14. The topological polar surface area (TPSA) is 57.7 Å². The lowest BCUT2D eigenvalue weighted by atomic mass is 10.2. The molecule has 5 nitrogen and oxygen atoms in total. The second-order valence-corrected chi connectivity index (χ2v) is 11.3. The maximum atomic E-state index is 13.4. The average molecular weight is 483 g/mol. The number of nitrogens with zero attached hydrogens (tertiary/aromatic N) is 2. The first kappa shape index (κ1) is 24.9. The molecule has 3 rings (SSSR count). The molecular weight excluding hydrogens is 452 g/mol. The number of aryl methyl sites for hydroxylation is 1. The minimum atomic E-state index is -3.78. The van der Waals surface area contributed by atoms with Gasteiger partial charge in [0, 0.05) is 27.7 Å². The highest BCUT2D eigenvalue weighted by atomic mass is 32.2. The Morgan fingerprint density at radius 2 is 1.58 bits per heavy atom. The van der Waals surface area contributed by atoms with Gasteiger partial charge in [0.1, 0.15) is 0 Å². The van der Waals surface area contributed by atoms with Crippen LogP contribution in [0.15, 0.2) is 78.2 Å². The predicted molar refractivity (Wildman–Crippen MR) is 136 cm³/mol. The molecule has 0 aliphatic heterocycles. The lowest BCUT2D eigenvalue weighted by molar-refractivity contribution is -0.132. The molecule has 0 atom stereocenters. The quantitative estimate of drug-likeness (QED) is 0.394. The van der Waals surface area contributed by atoms with E-state index in [0.29, 0.717) is 13.1 Å². The van der Waals surface area contributed by atoms with Crippen molar-refractivity contribution in [2.45, 2.75) is 39.9 Å². The Morgan fingerprint density at radius 1 is 0.939 bits per heavy atom. The molecular formula is C26H30N2O3S2. The van der Waals surface area contributed by atoms with Crippen molar-refractivity contribution >= 4 is 33.3 Å². The maximum absolute atomic E-state index is 13.4. The fourth-order valence-corrected chi connectivity index (χ4v) is 5.67. The molecule has 33 heavy (non-hydrogen) atoms. The minimum Gasteiger partial charge on any atom is -0.332 e. The van der Waals surface area contributed by atoms with Gasteiger partial charge in [0.25, 0.3) is 0 Å². The summed E-state index contributed by atoms with van der Waals surface area (Å²) in [5.74, 6) is -0.227. The fraction of sp³-hybridized carbons (Fsp3) is 0.269. The van der Waals surface area contributed by atoms with Crippen LogP contribution in [0.4, 0.5) is 0 Å². The van der Waals surface area contributed by atoms with E-state index in [1.807, 2.05) is 79.7 Å². The van der Waals surface area contributed by atoms with E-state index in [1.165, 1.54) is 14.6 Å². The van der Waals surface area contributed by atoms with E-state index >= 15 is 0 Å². The molecule has 0 saturated carbocycles. The largest absolute Gasteiger partial charge is 0.332 e. The number of carbonyl (C=O) groups is 1. The molecule has 0 N–H and O–H groups in total. The van der Waals surface area contributed by atoms with Crippen LogP contribution in [0.3, 0.4) is 0 Å². The normalized spacial score (nSPS) is 12.0. The highest BCUT2D eigenvalue weighted by molar-refractivity contribution is 7.92. The van der Waals surface area contributed by atoms with Crippen molar-refractivity contribution < 1.29 is 13.2 Å². The van der Waals surface area contributed by atoms with Crippen molar-refractivity contribution in [3.05, 3.63) is 99.1 Å². The zero-order chi connectivity index (χ0) is 23.8. The van der Waals surface area contributed by atoms with Gasteiger partial charge in [0.05, 0.1) is 13.1 Å². The average Bonchev–Trinajstić information content (AvgIpc) is 3.21. The van der Waals surface area contributed by atoms with E-state index in [2.05, 4.69) is 0 Å². The van der Waals surface area contributed by atoms with Crippen molar-refractivity contribution in [2.24, 2.45) is 0 Å². The number of amides is 1. The maximum Gasteiger partial charge on any atom is 0.238 e. The van der Waals surface area contributed by atoms with E-state index in [4.69, 9.17) is 0 Å². The van der Waals surface area contributed by atoms with Crippen LogP contribution in [-0.4, -0.2) is 36.1 Å². The van der Waals surface area contributed by atoms with Gasteiger partial charge in [-0.1, -0.05) is 60.7 Å². The summed E-state index contributed by atoms with van der Waals surface area (Å²) in [7, 11) is -3.78. The van der Waals surface area contributed by atoms with Crippen LogP contribution in [0.5, 0.6) is 0 Å². The van der Waals surface area contributed by atoms with Crippen molar-refractivity contribution in [1.82, 2.24) is 9.21 Å². The summed E-state index contributed by atoms with van der Waals surface area (Å²) in [6.07, 6.45) is 1.56. The van der Waals surface area contributed by atoms with Crippen molar-refractivity contribution in [3.63, 3.8) is 0 Å². The van der Waals surface area contributed by atoms with E-state index in [9.17, 15) is 13.2 Å². The van der Waals surface area contributed by atoms with Crippen LogP contribution in [-0.2, 0) is 27.9 Å². The number of rotatable bonds is 10. The summed E-state index contributed by atoms with van der Waals surface area (Å²) in [6.45, 7) is 6.25. The van der Waals surface area contributed by atoms with Gasteiger partial charge in [-0.05, 0) is 50.1 Å². The Balaban J connectivity index is 1.81. The number of benzene rings is 2. The first-order valence-electron chi connectivity index (χ1n) is 10.9. The van der Waals surface area contributed by atoms with Gasteiger partial charge in [-0.25, -0.2) is 8.42 Å². The van der Waals surface area contributed by atoms with Crippen molar-refractivity contribution in [1.29, 1.82) is 0 Å². The van der Waals surface area contributed by atoms with Gasteiger partial charge in [-0.3, -0.25) is 4.79 Å². The highest BCUT2D eigenvalue weighted by Gasteiger charge is 2.28. The summed E-state index contributed by atoms with van der Waals surface area (Å²) < 4.78 is 27.4. The molecule has 7 heteroatoms. The molecule has 2 aromatic carbocycles. The number of carbonyl (C=O) groups excluding carboxylic acids is 1. The van der Waals surface area contributed by atoms with Gasteiger partial charge in [0.2, 0.25) is 15.9 Å². The third-order valence-corrected chi connectivity index (χ3v) is 7.81. The van der Waals surface area contributed by atoms with Crippen LogP contribution >= 0.6 is 11.3 Å². The lowest BCUT2D eigenvalue weighted by Gasteiger charge is -2.28. The zero-order valence-electron chi connectivity index (χ0n) is 19.2. The first-order chi connectivity index (χ1) is 15.7.